The predicted molar refractivity (Wildman–Crippen MR) is 80.2 cm³/mol. The lowest BCUT2D eigenvalue weighted by molar-refractivity contribution is 0.282. The summed E-state index contributed by atoms with van der Waals surface area (Å²) < 4.78 is 0. The van der Waals surface area contributed by atoms with Crippen molar-refractivity contribution in [1.29, 1.82) is 0 Å². The van der Waals surface area contributed by atoms with Crippen molar-refractivity contribution in [3.05, 3.63) is 6.92 Å². The van der Waals surface area contributed by atoms with Gasteiger partial charge in [-0.25, -0.2) is 0 Å². The minimum absolute atomic E-state index is 0.583. The lowest BCUT2D eigenvalue weighted by atomic mass is 9.82. The van der Waals surface area contributed by atoms with E-state index < -0.39 is 0 Å². The molecule has 0 saturated carbocycles. The van der Waals surface area contributed by atoms with Gasteiger partial charge in [0.2, 0.25) is 0 Å². The Balaban J connectivity index is 3.37. The fraction of sp³-hybridized carbons (Fsp3) is 0.941. The molecule has 0 saturated heterocycles. The molecule has 0 atom stereocenters. The molecule has 0 fully saturated rings. The second-order valence-corrected chi connectivity index (χ2v) is 6.35. The molecule has 0 spiro atoms. The van der Waals surface area contributed by atoms with E-state index in [4.69, 9.17) is 0 Å². The van der Waals surface area contributed by atoms with E-state index in [1.165, 1.54) is 70.6 Å². The molecule has 0 aromatic rings. The molecule has 0 aliphatic carbocycles. The molecule has 0 heterocycles. The monoisotopic (exact) mass is 239 g/mol. The Hall–Kier alpha value is 0. The Kier molecular flexibility index (Phi) is 11.1. The number of rotatable bonds is 12. The Morgan fingerprint density at radius 3 is 1.71 bits per heavy atom. The van der Waals surface area contributed by atoms with Gasteiger partial charge in [0.25, 0.3) is 0 Å². The summed E-state index contributed by atoms with van der Waals surface area (Å²) >= 11 is 0. The summed E-state index contributed by atoms with van der Waals surface area (Å²) in [6, 6.07) is 0. The van der Waals surface area contributed by atoms with Gasteiger partial charge in [0.1, 0.15) is 0 Å². The van der Waals surface area contributed by atoms with Crippen LogP contribution >= 0.6 is 0 Å². The van der Waals surface area contributed by atoms with E-state index in [0.717, 1.165) is 6.42 Å². The van der Waals surface area contributed by atoms with Crippen molar-refractivity contribution in [2.45, 2.75) is 97.8 Å². The van der Waals surface area contributed by atoms with Gasteiger partial charge in [-0.2, -0.15) is 0 Å². The van der Waals surface area contributed by atoms with Crippen LogP contribution in [0.3, 0.4) is 0 Å². The van der Waals surface area contributed by atoms with Gasteiger partial charge in [0, 0.05) is 0 Å². The van der Waals surface area contributed by atoms with Crippen molar-refractivity contribution in [1.82, 2.24) is 0 Å². The summed E-state index contributed by atoms with van der Waals surface area (Å²) in [5.74, 6) is 0. The molecule has 0 aliphatic heterocycles. The second kappa shape index (κ2) is 11.1. The first-order valence-electron chi connectivity index (χ1n) is 7.91. The largest absolute Gasteiger partial charge is 0.0654 e. The second-order valence-electron chi connectivity index (χ2n) is 6.35. The van der Waals surface area contributed by atoms with E-state index in [0.29, 0.717) is 5.41 Å². The molecule has 0 heteroatoms. The normalized spacial score (nSPS) is 12.0. The Morgan fingerprint density at radius 1 is 0.706 bits per heavy atom. The van der Waals surface area contributed by atoms with Crippen molar-refractivity contribution < 1.29 is 0 Å². The Bertz CT molecular complexity index is 146. The molecule has 0 rings (SSSR count). The number of hydrogen-bond donors (Lipinski definition) is 0. The van der Waals surface area contributed by atoms with Crippen LogP contribution in [0.5, 0.6) is 0 Å². The molecule has 1 radical (unpaired) electrons. The third-order valence-corrected chi connectivity index (χ3v) is 3.81. The van der Waals surface area contributed by atoms with Crippen LogP contribution in [-0.4, -0.2) is 0 Å². The molecule has 0 N–H and O–H groups in total. The van der Waals surface area contributed by atoms with Crippen LogP contribution < -0.4 is 0 Å². The van der Waals surface area contributed by atoms with Crippen LogP contribution in [0.15, 0.2) is 0 Å². The molecular weight excluding hydrogens is 204 g/mol. The highest BCUT2D eigenvalue weighted by Gasteiger charge is 2.16. The zero-order chi connectivity index (χ0) is 13.0. The van der Waals surface area contributed by atoms with Gasteiger partial charge in [-0.3, -0.25) is 0 Å². The van der Waals surface area contributed by atoms with E-state index in [9.17, 15) is 0 Å². The predicted octanol–water partition coefficient (Wildman–Crippen LogP) is 6.55. The van der Waals surface area contributed by atoms with E-state index in [1.807, 2.05) is 0 Å². The zero-order valence-electron chi connectivity index (χ0n) is 12.7. The van der Waals surface area contributed by atoms with Crippen LogP contribution in [0.25, 0.3) is 0 Å². The van der Waals surface area contributed by atoms with Crippen LogP contribution in [0.4, 0.5) is 0 Å². The summed E-state index contributed by atoms with van der Waals surface area (Å²) in [5, 5.41) is 0. The van der Waals surface area contributed by atoms with Gasteiger partial charge in [-0.15, -0.1) is 0 Å². The van der Waals surface area contributed by atoms with Crippen molar-refractivity contribution in [3.8, 4) is 0 Å². The van der Waals surface area contributed by atoms with Gasteiger partial charge < -0.3 is 0 Å². The van der Waals surface area contributed by atoms with E-state index in [1.54, 1.807) is 0 Å². The van der Waals surface area contributed by atoms with Gasteiger partial charge >= 0.3 is 0 Å². The number of hydrogen-bond acceptors (Lipinski definition) is 0. The lowest BCUT2D eigenvalue weighted by Gasteiger charge is -2.24. The molecular formula is C17H35. The quantitative estimate of drug-likeness (QED) is 0.339. The summed E-state index contributed by atoms with van der Waals surface area (Å²) in [6.07, 6.45) is 16.6. The smallest absolute Gasteiger partial charge is 0.0354 e. The summed E-state index contributed by atoms with van der Waals surface area (Å²) in [5.41, 5.74) is 0.583. The van der Waals surface area contributed by atoms with Crippen molar-refractivity contribution in [3.63, 3.8) is 0 Å². The fourth-order valence-corrected chi connectivity index (χ4v) is 2.47. The Labute approximate surface area is 111 Å². The molecule has 0 aromatic carbocycles. The lowest BCUT2D eigenvalue weighted by Crippen LogP contribution is -2.10. The van der Waals surface area contributed by atoms with E-state index >= 15 is 0 Å². The third kappa shape index (κ3) is 12.2. The minimum Gasteiger partial charge on any atom is -0.0654 e. The Morgan fingerprint density at radius 2 is 1.18 bits per heavy atom. The van der Waals surface area contributed by atoms with Crippen molar-refractivity contribution in [2.24, 2.45) is 5.41 Å². The molecule has 17 heavy (non-hydrogen) atoms. The van der Waals surface area contributed by atoms with Gasteiger partial charge in [-0.05, 0) is 18.3 Å². The number of unbranched alkanes of at least 4 members (excludes halogenated alkanes) is 8. The van der Waals surface area contributed by atoms with Gasteiger partial charge in [-0.1, -0.05) is 91.9 Å². The highest BCUT2D eigenvalue weighted by atomic mass is 14.2. The molecule has 0 nitrogen and oxygen atoms in total. The SMILES string of the molecule is [CH2]CCCCCCCC(C)(C)CCCCCC. The molecule has 0 aliphatic rings. The molecule has 0 bridgehead atoms. The zero-order valence-corrected chi connectivity index (χ0v) is 12.7. The average Bonchev–Trinajstić information content (AvgIpc) is 2.29. The van der Waals surface area contributed by atoms with Crippen molar-refractivity contribution in [2.75, 3.05) is 0 Å². The standard InChI is InChI=1S/C17H35/c1-5-7-9-11-12-14-16-17(3,4)15-13-10-8-6-2/h1,5-16H2,2-4H3. The molecule has 103 valence electrons. The first-order valence-corrected chi connectivity index (χ1v) is 7.91. The minimum atomic E-state index is 0.583. The van der Waals surface area contributed by atoms with Crippen LogP contribution in [-0.2, 0) is 0 Å². The maximum Gasteiger partial charge on any atom is -0.0354 e. The van der Waals surface area contributed by atoms with Gasteiger partial charge in [0.05, 0.1) is 0 Å². The third-order valence-electron chi connectivity index (χ3n) is 3.81. The average molecular weight is 239 g/mol. The maximum atomic E-state index is 3.89. The molecule has 0 unspecified atom stereocenters. The summed E-state index contributed by atoms with van der Waals surface area (Å²) in [7, 11) is 0. The van der Waals surface area contributed by atoms with Gasteiger partial charge in [0.15, 0.2) is 0 Å². The maximum absolute atomic E-state index is 3.89. The fourth-order valence-electron chi connectivity index (χ4n) is 2.47. The topological polar surface area (TPSA) is 0 Å². The van der Waals surface area contributed by atoms with E-state index in [-0.39, 0.29) is 0 Å². The summed E-state index contributed by atoms with van der Waals surface area (Å²) in [4.78, 5) is 0. The first-order chi connectivity index (χ1) is 8.12. The summed E-state index contributed by atoms with van der Waals surface area (Å²) in [6.45, 7) is 11.1. The van der Waals surface area contributed by atoms with Crippen LogP contribution in [0.2, 0.25) is 0 Å². The molecule has 0 amide bonds. The van der Waals surface area contributed by atoms with Crippen molar-refractivity contribution >= 4 is 0 Å². The highest BCUT2D eigenvalue weighted by molar-refractivity contribution is 4.68. The highest BCUT2D eigenvalue weighted by Crippen LogP contribution is 2.30. The van der Waals surface area contributed by atoms with Crippen LogP contribution in [0.1, 0.15) is 97.8 Å². The molecule has 0 aromatic heterocycles. The van der Waals surface area contributed by atoms with Crippen LogP contribution in [0, 0.1) is 12.3 Å². The van der Waals surface area contributed by atoms with E-state index in [2.05, 4.69) is 27.7 Å². The first kappa shape index (κ1) is 17.0.